The maximum absolute atomic E-state index is 11.5. The third-order valence-corrected chi connectivity index (χ3v) is 2.59. The van der Waals surface area contributed by atoms with Crippen LogP contribution in [0.5, 0.6) is 0 Å². The molecule has 0 aromatic carbocycles. The number of rotatable bonds is 2. The first-order valence-corrected chi connectivity index (χ1v) is 5.82. The molecule has 0 saturated heterocycles. The summed E-state index contributed by atoms with van der Waals surface area (Å²) in [4.78, 5) is 22.9. The summed E-state index contributed by atoms with van der Waals surface area (Å²) in [6.45, 7) is 5.49. The maximum atomic E-state index is 11.5. The second-order valence-electron chi connectivity index (χ2n) is 5.30. The number of methoxy groups -OCH3 is 1. The Kier molecular flexibility index (Phi) is 4.32. The molecular formula is C13H20O4. The van der Waals surface area contributed by atoms with Crippen LogP contribution >= 0.6 is 0 Å². The second-order valence-corrected chi connectivity index (χ2v) is 5.30. The third kappa shape index (κ3) is 4.59. The normalized spacial score (nSPS) is 22.6. The van der Waals surface area contributed by atoms with Crippen molar-refractivity contribution in [3.8, 4) is 0 Å². The average molecular weight is 240 g/mol. The lowest BCUT2D eigenvalue weighted by Crippen LogP contribution is -2.22. The van der Waals surface area contributed by atoms with E-state index in [9.17, 15) is 9.59 Å². The first-order valence-electron chi connectivity index (χ1n) is 5.82. The first-order chi connectivity index (χ1) is 7.81. The Morgan fingerprint density at radius 2 is 2.00 bits per heavy atom. The van der Waals surface area contributed by atoms with E-state index in [2.05, 4.69) is 4.74 Å². The fourth-order valence-electron chi connectivity index (χ4n) is 1.88. The zero-order chi connectivity index (χ0) is 13.1. The molecule has 0 bridgehead atoms. The van der Waals surface area contributed by atoms with E-state index in [1.165, 1.54) is 13.2 Å². The molecule has 0 aromatic heterocycles. The molecule has 1 unspecified atom stereocenters. The van der Waals surface area contributed by atoms with E-state index in [4.69, 9.17) is 4.74 Å². The summed E-state index contributed by atoms with van der Waals surface area (Å²) in [7, 11) is 1.39. The van der Waals surface area contributed by atoms with Crippen LogP contribution in [0.1, 0.15) is 40.0 Å². The number of ether oxygens (including phenoxy) is 2. The van der Waals surface area contributed by atoms with Gasteiger partial charge in [-0.3, -0.25) is 4.79 Å². The Morgan fingerprint density at radius 3 is 2.53 bits per heavy atom. The molecule has 17 heavy (non-hydrogen) atoms. The van der Waals surface area contributed by atoms with Crippen molar-refractivity contribution in [2.75, 3.05) is 7.11 Å². The van der Waals surface area contributed by atoms with E-state index in [0.29, 0.717) is 6.42 Å². The predicted octanol–water partition coefficient (Wildman–Crippen LogP) is 2.23. The Bertz CT molecular complexity index is 336. The predicted molar refractivity (Wildman–Crippen MR) is 63.3 cm³/mol. The van der Waals surface area contributed by atoms with Gasteiger partial charge in [-0.2, -0.15) is 0 Å². The third-order valence-electron chi connectivity index (χ3n) is 2.59. The standard InChI is InChI=1S/C13H20O4/c1-13(2,3)17-11(14)8-9-5-6-10(7-9)12(15)16-4/h8,10H,5-7H2,1-4H3/b9-8-. The quantitative estimate of drug-likeness (QED) is 0.548. The highest BCUT2D eigenvalue weighted by Crippen LogP contribution is 2.31. The van der Waals surface area contributed by atoms with E-state index >= 15 is 0 Å². The van der Waals surface area contributed by atoms with E-state index in [0.717, 1.165) is 18.4 Å². The number of carbonyl (C=O) groups excluding carboxylic acids is 2. The summed E-state index contributed by atoms with van der Waals surface area (Å²) in [5.74, 6) is -0.635. The molecule has 4 heteroatoms. The molecule has 0 spiro atoms. The molecule has 0 radical (unpaired) electrons. The van der Waals surface area contributed by atoms with Gasteiger partial charge in [0.2, 0.25) is 0 Å². The van der Waals surface area contributed by atoms with Crippen LogP contribution in [0.3, 0.4) is 0 Å². The van der Waals surface area contributed by atoms with Gasteiger partial charge in [-0.25, -0.2) is 4.79 Å². The minimum Gasteiger partial charge on any atom is -0.469 e. The summed E-state index contributed by atoms with van der Waals surface area (Å²) in [5, 5.41) is 0. The fraction of sp³-hybridized carbons (Fsp3) is 0.692. The number of carbonyl (C=O) groups is 2. The molecule has 1 fully saturated rings. The molecular weight excluding hydrogens is 220 g/mol. The lowest BCUT2D eigenvalue weighted by Gasteiger charge is -2.18. The van der Waals surface area contributed by atoms with Crippen LogP contribution in [0.15, 0.2) is 11.6 Å². The van der Waals surface area contributed by atoms with Gasteiger partial charge in [-0.15, -0.1) is 0 Å². The topological polar surface area (TPSA) is 52.6 Å². The zero-order valence-electron chi connectivity index (χ0n) is 10.9. The molecule has 1 aliphatic rings. The first kappa shape index (κ1) is 13.7. The fourth-order valence-corrected chi connectivity index (χ4v) is 1.88. The minimum atomic E-state index is -0.478. The van der Waals surface area contributed by atoms with Crippen molar-refractivity contribution in [3.63, 3.8) is 0 Å². The second kappa shape index (κ2) is 5.34. The van der Waals surface area contributed by atoms with Gasteiger partial charge in [0.1, 0.15) is 5.60 Å². The Balaban J connectivity index is 2.53. The number of allylic oxidation sites excluding steroid dienone is 1. The molecule has 0 aliphatic heterocycles. The Labute approximate surface area is 102 Å². The van der Waals surface area contributed by atoms with Crippen molar-refractivity contribution in [1.82, 2.24) is 0 Å². The monoisotopic (exact) mass is 240 g/mol. The Hall–Kier alpha value is -1.32. The number of esters is 2. The summed E-state index contributed by atoms with van der Waals surface area (Å²) < 4.78 is 9.88. The van der Waals surface area contributed by atoms with Crippen molar-refractivity contribution < 1.29 is 19.1 Å². The summed E-state index contributed by atoms with van der Waals surface area (Å²) in [5.41, 5.74) is 0.490. The largest absolute Gasteiger partial charge is 0.469 e. The van der Waals surface area contributed by atoms with Gasteiger partial charge in [-0.05, 0) is 40.0 Å². The molecule has 96 valence electrons. The average Bonchev–Trinajstić information content (AvgIpc) is 2.62. The van der Waals surface area contributed by atoms with Crippen LogP contribution in [-0.4, -0.2) is 24.6 Å². The zero-order valence-corrected chi connectivity index (χ0v) is 10.9. The van der Waals surface area contributed by atoms with E-state index in [-0.39, 0.29) is 17.9 Å². The van der Waals surface area contributed by atoms with Crippen LogP contribution < -0.4 is 0 Å². The highest BCUT2D eigenvalue weighted by atomic mass is 16.6. The lowest BCUT2D eigenvalue weighted by atomic mass is 10.1. The van der Waals surface area contributed by atoms with Crippen LogP contribution in [-0.2, 0) is 19.1 Å². The maximum Gasteiger partial charge on any atom is 0.331 e. The molecule has 4 nitrogen and oxygen atoms in total. The van der Waals surface area contributed by atoms with Crippen molar-refractivity contribution in [2.24, 2.45) is 5.92 Å². The highest BCUT2D eigenvalue weighted by Gasteiger charge is 2.27. The van der Waals surface area contributed by atoms with Gasteiger partial charge >= 0.3 is 11.9 Å². The summed E-state index contributed by atoms with van der Waals surface area (Å²) in [6.07, 6.45) is 3.63. The number of hydrogen-bond acceptors (Lipinski definition) is 4. The van der Waals surface area contributed by atoms with Gasteiger partial charge in [0.25, 0.3) is 0 Å². The smallest absolute Gasteiger partial charge is 0.331 e. The van der Waals surface area contributed by atoms with E-state index in [1.54, 1.807) is 0 Å². The molecule has 1 saturated carbocycles. The van der Waals surface area contributed by atoms with Gasteiger partial charge in [0.15, 0.2) is 0 Å². The Morgan fingerprint density at radius 1 is 1.35 bits per heavy atom. The molecule has 0 heterocycles. The van der Waals surface area contributed by atoms with Crippen molar-refractivity contribution in [3.05, 3.63) is 11.6 Å². The lowest BCUT2D eigenvalue weighted by molar-refractivity contribution is -0.149. The minimum absolute atomic E-state index is 0.103. The molecule has 1 atom stereocenters. The summed E-state index contributed by atoms with van der Waals surface area (Å²) >= 11 is 0. The van der Waals surface area contributed by atoms with Crippen LogP contribution in [0.4, 0.5) is 0 Å². The molecule has 1 rings (SSSR count). The molecule has 0 N–H and O–H groups in total. The van der Waals surface area contributed by atoms with Crippen molar-refractivity contribution in [2.45, 2.75) is 45.6 Å². The van der Waals surface area contributed by atoms with Crippen molar-refractivity contribution in [1.29, 1.82) is 0 Å². The molecule has 0 amide bonds. The SMILES string of the molecule is COC(=O)C1CC/C(=C/C(=O)OC(C)(C)C)C1. The van der Waals surface area contributed by atoms with Crippen LogP contribution in [0.2, 0.25) is 0 Å². The highest BCUT2D eigenvalue weighted by molar-refractivity contribution is 5.83. The van der Waals surface area contributed by atoms with Gasteiger partial charge in [0.05, 0.1) is 13.0 Å². The van der Waals surface area contributed by atoms with E-state index in [1.807, 2.05) is 20.8 Å². The van der Waals surface area contributed by atoms with Gasteiger partial charge in [-0.1, -0.05) is 5.57 Å². The van der Waals surface area contributed by atoms with E-state index < -0.39 is 5.60 Å². The van der Waals surface area contributed by atoms with Crippen LogP contribution in [0, 0.1) is 5.92 Å². The van der Waals surface area contributed by atoms with Crippen LogP contribution in [0.25, 0.3) is 0 Å². The molecule has 0 aromatic rings. The van der Waals surface area contributed by atoms with Gasteiger partial charge in [0, 0.05) is 6.08 Å². The van der Waals surface area contributed by atoms with Crippen molar-refractivity contribution >= 4 is 11.9 Å². The van der Waals surface area contributed by atoms with Gasteiger partial charge < -0.3 is 9.47 Å². The number of hydrogen-bond donors (Lipinski definition) is 0. The molecule has 1 aliphatic carbocycles. The summed E-state index contributed by atoms with van der Waals surface area (Å²) in [6, 6.07) is 0.